The normalized spacial score (nSPS) is 11.2. The Morgan fingerprint density at radius 2 is 2.11 bits per heavy atom. The molecule has 1 heterocycles. The van der Waals surface area contributed by atoms with Crippen molar-refractivity contribution in [1.29, 1.82) is 0 Å². The minimum Gasteiger partial charge on any atom is -0.476 e. The highest BCUT2D eigenvalue weighted by atomic mass is 19.4. The third kappa shape index (κ3) is 2.96. The number of ether oxygens (including phenoxy) is 2. The standard InChI is InChI=1S/C8H6F4N2O4/c1-17-7-6(14(15)16)4(2-9)5(3-13-7)18-8(10,11)12/h3H,2H2,1H3. The number of methoxy groups -OCH3 is 1. The Hall–Kier alpha value is -2.13. The fourth-order valence-corrected chi connectivity index (χ4v) is 1.18. The van der Waals surface area contributed by atoms with Gasteiger partial charge >= 0.3 is 12.0 Å². The fraction of sp³-hybridized carbons (Fsp3) is 0.375. The molecule has 1 aromatic heterocycles. The predicted molar refractivity (Wildman–Crippen MR) is 48.9 cm³/mol. The summed E-state index contributed by atoms with van der Waals surface area (Å²) in [5, 5.41) is 10.7. The largest absolute Gasteiger partial charge is 0.573 e. The molecule has 0 N–H and O–H groups in total. The zero-order valence-electron chi connectivity index (χ0n) is 8.82. The first-order valence-corrected chi connectivity index (χ1v) is 4.32. The molecule has 10 heteroatoms. The van der Waals surface area contributed by atoms with Crippen molar-refractivity contribution in [1.82, 2.24) is 4.98 Å². The van der Waals surface area contributed by atoms with E-state index in [2.05, 4.69) is 14.5 Å². The van der Waals surface area contributed by atoms with Gasteiger partial charge in [-0.25, -0.2) is 9.37 Å². The summed E-state index contributed by atoms with van der Waals surface area (Å²) in [6.07, 6.45) is -4.59. The van der Waals surface area contributed by atoms with E-state index in [9.17, 15) is 27.7 Å². The van der Waals surface area contributed by atoms with Gasteiger partial charge in [-0.2, -0.15) is 0 Å². The highest BCUT2D eigenvalue weighted by Gasteiger charge is 2.35. The van der Waals surface area contributed by atoms with Crippen molar-refractivity contribution >= 4 is 5.69 Å². The molecule has 0 bridgehead atoms. The van der Waals surface area contributed by atoms with Crippen LogP contribution in [0.25, 0.3) is 0 Å². The number of pyridine rings is 1. The molecule has 18 heavy (non-hydrogen) atoms. The molecule has 0 amide bonds. The second-order valence-corrected chi connectivity index (χ2v) is 2.90. The van der Waals surface area contributed by atoms with Crippen LogP contribution in [0.15, 0.2) is 6.20 Å². The van der Waals surface area contributed by atoms with E-state index in [1.54, 1.807) is 0 Å². The number of halogens is 4. The van der Waals surface area contributed by atoms with Crippen molar-refractivity contribution in [3.05, 3.63) is 21.9 Å². The van der Waals surface area contributed by atoms with Gasteiger partial charge in [0, 0.05) is 0 Å². The summed E-state index contributed by atoms with van der Waals surface area (Å²) in [6, 6.07) is 0. The van der Waals surface area contributed by atoms with Crippen LogP contribution in [0, 0.1) is 10.1 Å². The number of hydrogen-bond acceptors (Lipinski definition) is 5. The minimum absolute atomic E-state index is 0.508. The van der Waals surface area contributed by atoms with E-state index >= 15 is 0 Å². The molecular weight excluding hydrogens is 264 g/mol. The van der Waals surface area contributed by atoms with E-state index in [1.165, 1.54) is 0 Å². The van der Waals surface area contributed by atoms with Crippen LogP contribution in [0.4, 0.5) is 23.2 Å². The summed E-state index contributed by atoms with van der Waals surface area (Å²) < 4.78 is 56.6. The van der Waals surface area contributed by atoms with Crippen LogP contribution in [0.3, 0.4) is 0 Å². The second kappa shape index (κ2) is 5.02. The van der Waals surface area contributed by atoms with Crippen molar-refractivity contribution in [3.8, 4) is 11.6 Å². The lowest BCUT2D eigenvalue weighted by atomic mass is 10.2. The Morgan fingerprint density at radius 3 is 2.50 bits per heavy atom. The highest BCUT2D eigenvalue weighted by Crippen LogP contribution is 2.37. The van der Waals surface area contributed by atoms with Crippen molar-refractivity contribution in [2.45, 2.75) is 13.0 Å². The van der Waals surface area contributed by atoms with E-state index < -0.39 is 40.8 Å². The zero-order chi connectivity index (χ0) is 13.9. The Labute approximate surface area is 97.3 Å². The smallest absolute Gasteiger partial charge is 0.476 e. The van der Waals surface area contributed by atoms with Gasteiger partial charge in [0.15, 0.2) is 5.75 Å². The number of hydrogen-bond donors (Lipinski definition) is 0. The number of aromatic nitrogens is 1. The lowest BCUT2D eigenvalue weighted by molar-refractivity contribution is -0.387. The molecule has 0 aromatic carbocycles. The lowest BCUT2D eigenvalue weighted by Crippen LogP contribution is -2.18. The van der Waals surface area contributed by atoms with Gasteiger partial charge in [0.2, 0.25) is 0 Å². The van der Waals surface area contributed by atoms with Gasteiger partial charge in [-0.1, -0.05) is 0 Å². The highest BCUT2D eigenvalue weighted by molar-refractivity contribution is 5.54. The van der Waals surface area contributed by atoms with Gasteiger partial charge in [-0.3, -0.25) is 10.1 Å². The lowest BCUT2D eigenvalue weighted by Gasteiger charge is -2.12. The molecule has 0 aliphatic carbocycles. The second-order valence-electron chi connectivity index (χ2n) is 2.90. The van der Waals surface area contributed by atoms with Crippen molar-refractivity contribution in [2.24, 2.45) is 0 Å². The monoisotopic (exact) mass is 270 g/mol. The fourth-order valence-electron chi connectivity index (χ4n) is 1.18. The summed E-state index contributed by atoms with van der Waals surface area (Å²) in [6.45, 7) is -1.53. The number of nitrogens with zero attached hydrogens (tertiary/aromatic N) is 2. The number of alkyl halides is 4. The molecule has 1 rings (SSSR count). The minimum atomic E-state index is -5.10. The first-order chi connectivity index (χ1) is 8.30. The van der Waals surface area contributed by atoms with Gasteiger partial charge in [0.1, 0.15) is 12.2 Å². The van der Waals surface area contributed by atoms with Crippen LogP contribution in [0.2, 0.25) is 0 Å². The third-order valence-electron chi connectivity index (χ3n) is 1.82. The summed E-state index contributed by atoms with van der Waals surface area (Å²) in [5.41, 5.74) is -1.88. The maximum atomic E-state index is 12.7. The number of nitro groups is 1. The van der Waals surface area contributed by atoms with Gasteiger partial charge in [0.25, 0.3) is 5.88 Å². The molecule has 6 nitrogen and oxygen atoms in total. The molecule has 0 fully saturated rings. The van der Waals surface area contributed by atoms with E-state index in [1.807, 2.05) is 0 Å². The van der Waals surface area contributed by atoms with Gasteiger partial charge < -0.3 is 9.47 Å². The molecule has 1 aromatic rings. The average molecular weight is 270 g/mol. The SMILES string of the molecule is COc1ncc(OC(F)(F)F)c(CF)c1[N+](=O)[O-]. The molecule has 0 radical (unpaired) electrons. The molecule has 0 atom stereocenters. The van der Waals surface area contributed by atoms with Gasteiger partial charge in [-0.15, -0.1) is 13.2 Å². The van der Waals surface area contributed by atoms with Crippen LogP contribution in [0.1, 0.15) is 5.56 Å². The molecular formula is C8H6F4N2O4. The van der Waals surface area contributed by atoms with Gasteiger partial charge in [0.05, 0.1) is 18.2 Å². The van der Waals surface area contributed by atoms with Crippen LogP contribution >= 0.6 is 0 Å². The summed E-state index contributed by atoms with van der Waals surface area (Å²) >= 11 is 0. The van der Waals surface area contributed by atoms with E-state index in [0.29, 0.717) is 6.20 Å². The third-order valence-corrected chi connectivity index (χ3v) is 1.82. The molecule has 0 unspecified atom stereocenters. The molecule has 100 valence electrons. The molecule has 0 aliphatic heterocycles. The Kier molecular flexibility index (Phi) is 3.89. The maximum Gasteiger partial charge on any atom is 0.573 e. The topological polar surface area (TPSA) is 74.5 Å². The van der Waals surface area contributed by atoms with Crippen LogP contribution in [0.5, 0.6) is 11.6 Å². The van der Waals surface area contributed by atoms with Crippen LogP contribution in [-0.2, 0) is 6.67 Å². The number of rotatable bonds is 4. The average Bonchev–Trinajstić information content (AvgIpc) is 2.26. The van der Waals surface area contributed by atoms with Crippen LogP contribution in [-0.4, -0.2) is 23.4 Å². The first kappa shape index (κ1) is 13.9. The molecule has 0 saturated heterocycles. The van der Waals surface area contributed by atoms with Crippen molar-refractivity contribution in [3.63, 3.8) is 0 Å². The quantitative estimate of drug-likeness (QED) is 0.477. The first-order valence-electron chi connectivity index (χ1n) is 4.32. The Balaban J connectivity index is 3.38. The molecule has 0 aliphatic rings. The maximum absolute atomic E-state index is 12.7. The predicted octanol–water partition coefficient (Wildman–Crippen LogP) is 2.37. The molecule has 0 spiro atoms. The van der Waals surface area contributed by atoms with E-state index in [-0.39, 0.29) is 0 Å². The van der Waals surface area contributed by atoms with Gasteiger partial charge in [-0.05, 0) is 0 Å². The Morgan fingerprint density at radius 1 is 1.50 bits per heavy atom. The van der Waals surface area contributed by atoms with Crippen LogP contribution < -0.4 is 9.47 Å². The summed E-state index contributed by atoms with van der Waals surface area (Å²) in [4.78, 5) is 12.8. The zero-order valence-corrected chi connectivity index (χ0v) is 8.82. The van der Waals surface area contributed by atoms with Crippen molar-refractivity contribution in [2.75, 3.05) is 7.11 Å². The molecule has 0 saturated carbocycles. The van der Waals surface area contributed by atoms with E-state index in [4.69, 9.17) is 0 Å². The summed E-state index contributed by atoms with van der Waals surface area (Å²) in [5.74, 6) is -1.67. The Bertz CT molecular complexity index is 463. The van der Waals surface area contributed by atoms with Crippen molar-refractivity contribution < 1.29 is 32.0 Å². The summed E-state index contributed by atoms with van der Waals surface area (Å²) in [7, 11) is 1.02. The van der Waals surface area contributed by atoms with E-state index in [0.717, 1.165) is 7.11 Å².